The van der Waals surface area contributed by atoms with Gasteiger partial charge >= 0.3 is 11.9 Å². The van der Waals surface area contributed by atoms with Crippen molar-refractivity contribution in [2.24, 2.45) is 0 Å². The standard InChI is InChI=1S/C11H19NO6/c1-3-4-9(14)12-8(10(15)16)5-6-18-11(17)7(2)13/h7-8,13H,3-6H2,1-2H3,(H,12,14)(H,15,16). The molecule has 0 aliphatic heterocycles. The molecule has 0 aliphatic rings. The summed E-state index contributed by atoms with van der Waals surface area (Å²) >= 11 is 0. The number of carboxylic acids is 1. The first-order valence-corrected chi connectivity index (χ1v) is 5.75. The number of nitrogens with one attached hydrogen (secondary N) is 1. The molecule has 2 atom stereocenters. The summed E-state index contributed by atoms with van der Waals surface area (Å²) < 4.78 is 4.62. The fourth-order valence-corrected chi connectivity index (χ4v) is 1.15. The van der Waals surface area contributed by atoms with Crippen LogP contribution in [0.2, 0.25) is 0 Å². The Morgan fingerprint density at radius 3 is 2.39 bits per heavy atom. The van der Waals surface area contributed by atoms with Crippen molar-refractivity contribution in [1.29, 1.82) is 0 Å². The van der Waals surface area contributed by atoms with Gasteiger partial charge in [-0.2, -0.15) is 0 Å². The number of rotatable bonds is 8. The number of amides is 1. The van der Waals surface area contributed by atoms with Crippen molar-refractivity contribution >= 4 is 17.8 Å². The molecule has 7 nitrogen and oxygen atoms in total. The zero-order chi connectivity index (χ0) is 14.1. The Bertz CT molecular complexity index is 302. The number of hydrogen-bond donors (Lipinski definition) is 3. The van der Waals surface area contributed by atoms with E-state index in [2.05, 4.69) is 10.1 Å². The highest BCUT2D eigenvalue weighted by molar-refractivity contribution is 5.83. The van der Waals surface area contributed by atoms with Crippen molar-refractivity contribution in [3.63, 3.8) is 0 Å². The molecule has 0 aromatic carbocycles. The van der Waals surface area contributed by atoms with Crippen molar-refractivity contribution in [3.05, 3.63) is 0 Å². The van der Waals surface area contributed by atoms with Crippen LogP contribution in [0.15, 0.2) is 0 Å². The molecule has 2 unspecified atom stereocenters. The lowest BCUT2D eigenvalue weighted by molar-refractivity contribution is -0.154. The molecule has 0 bridgehead atoms. The van der Waals surface area contributed by atoms with Crippen LogP contribution < -0.4 is 5.32 Å². The van der Waals surface area contributed by atoms with E-state index in [-0.39, 0.29) is 25.4 Å². The van der Waals surface area contributed by atoms with Crippen LogP contribution in [0.5, 0.6) is 0 Å². The molecule has 0 aromatic rings. The second kappa shape index (κ2) is 8.46. The highest BCUT2D eigenvalue weighted by Gasteiger charge is 2.20. The monoisotopic (exact) mass is 261 g/mol. The van der Waals surface area contributed by atoms with Gasteiger partial charge in [0.2, 0.25) is 5.91 Å². The smallest absolute Gasteiger partial charge is 0.334 e. The Kier molecular flexibility index (Phi) is 7.69. The normalized spacial score (nSPS) is 13.5. The van der Waals surface area contributed by atoms with Gasteiger partial charge in [-0.1, -0.05) is 6.92 Å². The summed E-state index contributed by atoms with van der Waals surface area (Å²) in [5.41, 5.74) is 0. The maximum atomic E-state index is 11.2. The maximum Gasteiger partial charge on any atom is 0.334 e. The first-order chi connectivity index (χ1) is 8.38. The van der Waals surface area contributed by atoms with Crippen LogP contribution in [-0.2, 0) is 19.1 Å². The number of aliphatic hydroxyl groups excluding tert-OH is 1. The Hall–Kier alpha value is -1.63. The topological polar surface area (TPSA) is 113 Å². The zero-order valence-electron chi connectivity index (χ0n) is 10.5. The molecule has 1 amide bonds. The van der Waals surface area contributed by atoms with Crippen LogP contribution in [0.1, 0.15) is 33.1 Å². The number of carboxylic acid groups (broad SMARTS) is 1. The van der Waals surface area contributed by atoms with E-state index in [1.54, 1.807) is 6.92 Å². The summed E-state index contributed by atoms with van der Waals surface area (Å²) in [7, 11) is 0. The third-order valence-electron chi connectivity index (χ3n) is 2.10. The van der Waals surface area contributed by atoms with E-state index in [4.69, 9.17) is 10.2 Å². The number of ether oxygens (including phenoxy) is 1. The molecular weight excluding hydrogens is 242 g/mol. The highest BCUT2D eigenvalue weighted by atomic mass is 16.5. The van der Waals surface area contributed by atoms with E-state index in [1.165, 1.54) is 6.92 Å². The molecule has 0 rings (SSSR count). The summed E-state index contributed by atoms with van der Waals surface area (Å²) in [6, 6.07) is -1.09. The largest absolute Gasteiger partial charge is 0.480 e. The molecule has 0 saturated carbocycles. The van der Waals surface area contributed by atoms with Gasteiger partial charge in [-0.25, -0.2) is 9.59 Å². The number of hydrogen-bond acceptors (Lipinski definition) is 5. The van der Waals surface area contributed by atoms with Gasteiger partial charge in [0.25, 0.3) is 0 Å². The van der Waals surface area contributed by atoms with E-state index < -0.39 is 24.1 Å². The van der Waals surface area contributed by atoms with Crippen LogP contribution >= 0.6 is 0 Å². The lowest BCUT2D eigenvalue weighted by Gasteiger charge is -2.14. The summed E-state index contributed by atoms with van der Waals surface area (Å²) in [6.07, 6.45) is -0.418. The van der Waals surface area contributed by atoms with E-state index in [0.29, 0.717) is 6.42 Å². The van der Waals surface area contributed by atoms with Crippen LogP contribution in [0.25, 0.3) is 0 Å². The van der Waals surface area contributed by atoms with E-state index in [0.717, 1.165) is 0 Å². The average molecular weight is 261 g/mol. The fourth-order valence-electron chi connectivity index (χ4n) is 1.15. The number of aliphatic hydroxyl groups is 1. The van der Waals surface area contributed by atoms with Gasteiger partial charge in [0.1, 0.15) is 12.1 Å². The van der Waals surface area contributed by atoms with Crippen LogP contribution in [-0.4, -0.2) is 46.8 Å². The molecular formula is C11H19NO6. The molecule has 7 heteroatoms. The first kappa shape index (κ1) is 16.4. The molecule has 0 heterocycles. The number of carbonyl (C=O) groups is 3. The molecule has 0 fully saturated rings. The molecule has 0 spiro atoms. The number of esters is 1. The zero-order valence-corrected chi connectivity index (χ0v) is 10.5. The maximum absolute atomic E-state index is 11.2. The number of carbonyl (C=O) groups excluding carboxylic acids is 2. The van der Waals surface area contributed by atoms with Crippen molar-refractivity contribution in [2.45, 2.75) is 45.3 Å². The molecule has 104 valence electrons. The Morgan fingerprint density at radius 1 is 1.33 bits per heavy atom. The third-order valence-corrected chi connectivity index (χ3v) is 2.10. The van der Waals surface area contributed by atoms with Crippen molar-refractivity contribution in [3.8, 4) is 0 Å². The molecule has 0 saturated heterocycles. The second-order valence-electron chi connectivity index (χ2n) is 3.84. The van der Waals surface area contributed by atoms with E-state index in [1.807, 2.05) is 0 Å². The predicted octanol–water partition coefficient (Wildman–Crippen LogP) is -0.330. The summed E-state index contributed by atoms with van der Waals surface area (Å²) in [6.45, 7) is 2.88. The minimum atomic E-state index is -1.25. The van der Waals surface area contributed by atoms with Crippen LogP contribution in [0.4, 0.5) is 0 Å². The lowest BCUT2D eigenvalue weighted by atomic mass is 10.2. The first-order valence-electron chi connectivity index (χ1n) is 5.75. The molecule has 0 aliphatic carbocycles. The van der Waals surface area contributed by atoms with Gasteiger partial charge in [-0.15, -0.1) is 0 Å². The van der Waals surface area contributed by atoms with Crippen molar-refractivity contribution in [1.82, 2.24) is 5.32 Å². The van der Waals surface area contributed by atoms with Crippen molar-refractivity contribution in [2.75, 3.05) is 6.61 Å². The highest BCUT2D eigenvalue weighted by Crippen LogP contribution is 1.98. The summed E-state index contributed by atoms with van der Waals surface area (Å²) in [5, 5.41) is 20.0. The van der Waals surface area contributed by atoms with Gasteiger partial charge in [0.15, 0.2) is 0 Å². The van der Waals surface area contributed by atoms with Gasteiger partial charge in [0, 0.05) is 12.8 Å². The summed E-state index contributed by atoms with van der Waals surface area (Å²) in [4.78, 5) is 33.0. The van der Waals surface area contributed by atoms with Gasteiger partial charge < -0.3 is 20.3 Å². The predicted molar refractivity (Wildman–Crippen MR) is 61.7 cm³/mol. The molecule has 3 N–H and O–H groups in total. The minimum absolute atomic E-state index is 0.0384. The van der Waals surface area contributed by atoms with E-state index >= 15 is 0 Å². The average Bonchev–Trinajstić information content (AvgIpc) is 2.27. The SMILES string of the molecule is CCCC(=O)NC(CCOC(=O)C(C)O)C(=O)O. The van der Waals surface area contributed by atoms with Gasteiger partial charge in [-0.3, -0.25) is 4.79 Å². The molecule has 18 heavy (non-hydrogen) atoms. The molecule has 0 aromatic heterocycles. The Balaban J connectivity index is 4.09. The van der Waals surface area contributed by atoms with E-state index in [9.17, 15) is 14.4 Å². The lowest BCUT2D eigenvalue weighted by Crippen LogP contribution is -2.41. The van der Waals surface area contributed by atoms with Gasteiger partial charge in [-0.05, 0) is 13.3 Å². The van der Waals surface area contributed by atoms with Crippen LogP contribution in [0, 0.1) is 0 Å². The van der Waals surface area contributed by atoms with Crippen molar-refractivity contribution < 1.29 is 29.3 Å². The summed E-state index contributed by atoms with van der Waals surface area (Å²) in [5.74, 6) is -2.36. The minimum Gasteiger partial charge on any atom is -0.480 e. The fraction of sp³-hybridized carbons (Fsp3) is 0.727. The Morgan fingerprint density at radius 2 is 1.94 bits per heavy atom. The van der Waals surface area contributed by atoms with Gasteiger partial charge in [0.05, 0.1) is 6.61 Å². The quantitative estimate of drug-likeness (QED) is 0.516. The Labute approximate surface area is 105 Å². The number of aliphatic carboxylic acids is 1. The third kappa shape index (κ3) is 6.85. The molecule has 0 radical (unpaired) electrons. The second-order valence-corrected chi connectivity index (χ2v) is 3.84. The van der Waals surface area contributed by atoms with Crippen LogP contribution in [0.3, 0.4) is 0 Å².